The molecule has 0 atom stereocenters. The molecular weight excluding hydrogens is 473 g/mol. The summed E-state index contributed by atoms with van der Waals surface area (Å²) in [7, 11) is 0. The van der Waals surface area contributed by atoms with Gasteiger partial charge in [-0.3, -0.25) is 14.5 Å². The van der Waals surface area contributed by atoms with Gasteiger partial charge in [0, 0.05) is 33.7 Å². The number of rotatable bonds is 6. The number of hydrogen-bond donors (Lipinski definition) is 2. The van der Waals surface area contributed by atoms with Crippen LogP contribution in [0.4, 0.5) is 0 Å². The van der Waals surface area contributed by atoms with E-state index < -0.39 is 0 Å². The second-order valence-electron chi connectivity index (χ2n) is 6.89. The highest BCUT2D eigenvalue weighted by molar-refractivity contribution is 8.26. The molecule has 1 saturated heterocycles. The zero-order valence-electron chi connectivity index (χ0n) is 16.2. The largest absolute Gasteiger partial charge is 0.361 e. The van der Waals surface area contributed by atoms with E-state index in [1.54, 1.807) is 12.1 Å². The van der Waals surface area contributed by atoms with Gasteiger partial charge in [-0.15, -0.1) is 0 Å². The SMILES string of the molecule is O=C(CN1C(=O)/C(=C\c2ccccc2Cl)SC1=S)NCCc1c[nH]c2ccc(Cl)cc12. The van der Waals surface area contributed by atoms with Crippen LogP contribution in [0.2, 0.25) is 10.0 Å². The number of carbonyl (C=O) groups excluding carboxylic acids is 2. The molecule has 0 aliphatic carbocycles. The lowest BCUT2D eigenvalue weighted by atomic mass is 10.1. The zero-order chi connectivity index (χ0) is 22.0. The van der Waals surface area contributed by atoms with E-state index in [-0.39, 0.29) is 18.4 Å². The van der Waals surface area contributed by atoms with Crippen molar-refractivity contribution in [3.8, 4) is 0 Å². The Kier molecular flexibility index (Phi) is 6.67. The Bertz CT molecular complexity index is 1220. The molecule has 4 rings (SSSR count). The second kappa shape index (κ2) is 9.44. The Morgan fingerprint density at radius 2 is 2.03 bits per heavy atom. The van der Waals surface area contributed by atoms with Crippen LogP contribution in [-0.4, -0.2) is 39.1 Å². The summed E-state index contributed by atoms with van der Waals surface area (Å²) in [6.07, 6.45) is 4.24. The Hall–Kier alpha value is -2.32. The summed E-state index contributed by atoms with van der Waals surface area (Å²) in [5.74, 6) is -0.565. The van der Waals surface area contributed by atoms with E-state index in [0.29, 0.717) is 32.2 Å². The number of hydrogen-bond acceptors (Lipinski definition) is 4. The second-order valence-corrected chi connectivity index (χ2v) is 9.41. The van der Waals surface area contributed by atoms with E-state index in [9.17, 15) is 9.59 Å². The molecule has 1 aliphatic heterocycles. The van der Waals surface area contributed by atoms with Crippen LogP contribution < -0.4 is 5.32 Å². The monoisotopic (exact) mass is 489 g/mol. The first-order chi connectivity index (χ1) is 14.9. The molecule has 9 heteroatoms. The number of carbonyl (C=O) groups is 2. The summed E-state index contributed by atoms with van der Waals surface area (Å²) in [4.78, 5) is 30.1. The van der Waals surface area contributed by atoms with Crippen LogP contribution in [0.25, 0.3) is 17.0 Å². The van der Waals surface area contributed by atoms with Gasteiger partial charge in [0.1, 0.15) is 10.9 Å². The predicted octanol–water partition coefficient (Wildman–Crippen LogP) is 5.03. The van der Waals surface area contributed by atoms with Gasteiger partial charge in [0.15, 0.2) is 0 Å². The van der Waals surface area contributed by atoms with Crippen molar-refractivity contribution < 1.29 is 9.59 Å². The van der Waals surface area contributed by atoms with Crippen molar-refractivity contribution in [1.29, 1.82) is 0 Å². The van der Waals surface area contributed by atoms with E-state index in [1.807, 2.05) is 42.6 Å². The summed E-state index contributed by atoms with van der Waals surface area (Å²) >= 11 is 18.7. The smallest absolute Gasteiger partial charge is 0.266 e. The fourth-order valence-electron chi connectivity index (χ4n) is 3.26. The number of nitrogens with zero attached hydrogens (tertiary/aromatic N) is 1. The molecule has 31 heavy (non-hydrogen) atoms. The lowest BCUT2D eigenvalue weighted by Crippen LogP contribution is -2.40. The highest BCUT2D eigenvalue weighted by Gasteiger charge is 2.33. The normalized spacial score (nSPS) is 15.3. The molecule has 1 aliphatic rings. The molecule has 0 saturated carbocycles. The minimum Gasteiger partial charge on any atom is -0.361 e. The minimum atomic E-state index is -0.295. The molecule has 0 radical (unpaired) electrons. The van der Waals surface area contributed by atoms with E-state index in [2.05, 4.69) is 10.3 Å². The maximum Gasteiger partial charge on any atom is 0.266 e. The van der Waals surface area contributed by atoms with E-state index in [0.717, 1.165) is 22.0 Å². The molecule has 2 aromatic carbocycles. The topological polar surface area (TPSA) is 65.2 Å². The molecule has 1 fully saturated rings. The minimum absolute atomic E-state index is 0.121. The third-order valence-corrected chi connectivity index (χ3v) is 6.77. The van der Waals surface area contributed by atoms with Crippen LogP contribution >= 0.6 is 47.2 Å². The number of thioether (sulfide) groups is 1. The van der Waals surface area contributed by atoms with Crippen LogP contribution in [0.1, 0.15) is 11.1 Å². The van der Waals surface area contributed by atoms with E-state index >= 15 is 0 Å². The van der Waals surface area contributed by atoms with Crippen molar-refractivity contribution in [1.82, 2.24) is 15.2 Å². The van der Waals surface area contributed by atoms with Gasteiger partial charge in [0.05, 0.1) is 4.91 Å². The van der Waals surface area contributed by atoms with Crippen molar-refractivity contribution in [2.24, 2.45) is 0 Å². The highest BCUT2D eigenvalue weighted by atomic mass is 35.5. The van der Waals surface area contributed by atoms with Crippen molar-refractivity contribution >= 4 is 80.3 Å². The Morgan fingerprint density at radius 1 is 1.23 bits per heavy atom. The van der Waals surface area contributed by atoms with Gasteiger partial charge >= 0.3 is 0 Å². The van der Waals surface area contributed by atoms with Crippen LogP contribution in [-0.2, 0) is 16.0 Å². The molecular formula is C22H17Cl2N3O2S2. The van der Waals surface area contributed by atoms with Crippen molar-refractivity contribution in [3.05, 3.63) is 74.7 Å². The average Bonchev–Trinajstić information content (AvgIpc) is 3.25. The summed E-state index contributed by atoms with van der Waals surface area (Å²) in [6, 6.07) is 12.9. The van der Waals surface area contributed by atoms with Gasteiger partial charge in [-0.25, -0.2) is 0 Å². The van der Waals surface area contributed by atoms with E-state index in [4.69, 9.17) is 35.4 Å². The number of amides is 2. The summed E-state index contributed by atoms with van der Waals surface area (Å²) in [5, 5.41) is 5.09. The Morgan fingerprint density at radius 3 is 2.84 bits per heavy atom. The molecule has 0 bridgehead atoms. The molecule has 0 unspecified atom stereocenters. The molecule has 3 aromatic rings. The van der Waals surface area contributed by atoms with Crippen LogP contribution in [0, 0.1) is 0 Å². The standard InChI is InChI=1S/C22H17Cl2N3O2S2/c23-15-5-6-18-16(10-15)14(11-26-18)7-8-25-20(28)12-27-21(29)19(31-22(27)30)9-13-3-1-2-4-17(13)24/h1-6,9-11,26H,7-8,12H2,(H,25,28)/b19-9+. The maximum absolute atomic E-state index is 12.7. The van der Waals surface area contributed by atoms with Crippen LogP contribution in [0.15, 0.2) is 53.6 Å². The molecule has 2 heterocycles. The third-order valence-electron chi connectivity index (χ3n) is 4.81. The molecule has 5 nitrogen and oxygen atoms in total. The Balaban J connectivity index is 1.35. The number of benzene rings is 2. The number of halogens is 2. The zero-order valence-corrected chi connectivity index (χ0v) is 19.3. The van der Waals surface area contributed by atoms with Crippen LogP contribution in [0.3, 0.4) is 0 Å². The molecule has 2 amide bonds. The molecule has 158 valence electrons. The maximum atomic E-state index is 12.7. The van der Waals surface area contributed by atoms with Gasteiger partial charge in [-0.05, 0) is 47.9 Å². The number of aromatic amines is 1. The van der Waals surface area contributed by atoms with Gasteiger partial charge in [0.25, 0.3) is 5.91 Å². The van der Waals surface area contributed by atoms with E-state index in [1.165, 1.54) is 16.7 Å². The number of fused-ring (bicyclic) bond motifs is 1. The number of nitrogens with one attached hydrogen (secondary N) is 2. The lowest BCUT2D eigenvalue weighted by Gasteiger charge is -2.14. The third kappa shape index (κ3) is 4.96. The van der Waals surface area contributed by atoms with Gasteiger partial charge in [-0.2, -0.15) is 0 Å². The summed E-state index contributed by atoms with van der Waals surface area (Å²) in [5.41, 5.74) is 2.78. The summed E-state index contributed by atoms with van der Waals surface area (Å²) < 4.78 is 0.352. The fourth-order valence-corrected chi connectivity index (χ4v) is 4.87. The average molecular weight is 490 g/mol. The number of H-pyrrole nitrogens is 1. The van der Waals surface area contributed by atoms with Crippen molar-refractivity contribution in [2.75, 3.05) is 13.1 Å². The first kappa shape index (κ1) is 21.9. The lowest BCUT2D eigenvalue weighted by molar-refractivity contribution is -0.128. The van der Waals surface area contributed by atoms with Crippen molar-refractivity contribution in [2.45, 2.75) is 6.42 Å². The van der Waals surface area contributed by atoms with Crippen molar-refractivity contribution in [3.63, 3.8) is 0 Å². The number of aromatic nitrogens is 1. The fraction of sp³-hybridized carbons (Fsp3) is 0.136. The molecule has 2 N–H and O–H groups in total. The van der Waals surface area contributed by atoms with Crippen LogP contribution in [0.5, 0.6) is 0 Å². The highest BCUT2D eigenvalue weighted by Crippen LogP contribution is 2.33. The first-order valence-corrected chi connectivity index (χ1v) is 11.4. The van der Waals surface area contributed by atoms with Gasteiger partial charge < -0.3 is 10.3 Å². The molecule has 1 aromatic heterocycles. The summed E-state index contributed by atoms with van der Waals surface area (Å²) in [6.45, 7) is 0.312. The first-order valence-electron chi connectivity index (χ1n) is 9.44. The Labute approximate surface area is 198 Å². The predicted molar refractivity (Wildman–Crippen MR) is 131 cm³/mol. The van der Waals surface area contributed by atoms with Gasteiger partial charge in [-0.1, -0.05) is 65.4 Å². The molecule has 0 spiro atoms. The van der Waals surface area contributed by atoms with Gasteiger partial charge in [0.2, 0.25) is 5.91 Å². The number of thiocarbonyl (C=S) groups is 1. The quantitative estimate of drug-likeness (QED) is 0.376.